The molecule has 0 aliphatic carbocycles. The van der Waals surface area contributed by atoms with Crippen molar-refractivity contribution in [3.8, 4) is 0 Å². The molecule has 0 fully saturated rings. The van der Waals surface area contributed by atoms with E-state index in [1.807, 2.05) is 0 Å². The minimum absolute atomic E-state index is 0.145. The van der Waals surface area contributed by atoms with Gasteiger partial charge in [-0.1, -0.05) is 0 Å². The van der Waals surface area contributed by atoms with Gasteiger partial charge in [-0.25, -0.2) is 8.42 Å². The van der Waals surface area contributed by atoms with Gasteiger partial charge in [0.15, 0.2) is 9.84 Å². The molecule has 0 spiro atoms. The monoisotopic (exact) mass is 225 g/mol. The molecule has 14 heavy (non-hydrogen) atoms. The van der Waals surface area contributed by atoms with Crippen molar-refractivity contribution in [2.75, 3.05) is 32.3 Å². The largest absolute Gasteiger partial charge is 0.394 e. The second kappa shape index (κ2) is 5.94. The summed E-state index contributed by atoms with van der Waals surface area (Å²) in [6.45, 7) is -0.144. The molecule has 1 atom stereocenters. The van der Waals surface area contributed by atoms with Gasteiger partial charge in [0.2, 0.25) is 5.91 Å². The Hall–Kier alpha value is -0.660. The van der Waals surface area contributed by atoms with E-state index in [0.717, 1.165) is 6.26 Å². The number of hydrogen-bond acceptors (Lipinski definition) is 5. The smallest absolute Gasteiger partial charge is 0.235 e. The number of nitrogens with one attached hydrogen (secondary N) is 1. The first kappa shape index (κ1) is 13.3. The number of aliphatic hydroxyl groups is 1. The molecule has 6 nitrogen and oxygen atoms in total. The highest BCUT2D eigenvalue weighted by atomic mass is 32.2. The minimum atomic E-state index is -3.33. The molecular weight excluding hydrogens is 210 g/mol. The molecule has 0 aromatic rings. The number of methoxy groups -OCH3 is 1. The molecule has 0 aromatic carbocycles. The number of carbonyl (C=O) groups excluding carboxylic acids is 1. The van der Waals surface area contributed by atoms with Crippen LogP contribution in [0.15, 0.2) is 0 Å². The van der Waals surface area contributed by atoms with E-state index in [9.17, 15) is 13.2 Å². The van der Waals surface area contributed by atoms with Crippen molar-refractivity contribution < 1.29 is 23.1 Å². The minimum Gasteiger partial charge on any atom is -0.394 e. The molecule has 0 aliphatic rings. The molecule has 2 N–H and O–H groups in total. The Morgan fingerprint density at radius 1 is 1.57 bits per heavy atom. The first-order chi connectivity index (χ1) is 6.39. The van der Waals surface area contributed by atoms with Crippen LogP contribution in [0, 0.1) is 0 Å². The highest BCUT2D eigenvalue weighted by Gasteiger charge is 2.15. The highest BCUT2D eigenvalue weighted by molar-refractivity contribution is 7.91. The molecular formula is C7H15NO5S. The quantitative estimate of drug-likeness (QED) is 0.554. The third-order valence-electron chi connectivity index (χ3n) is 1.35. The number of carbonyl (C=O) groups is 1. The van der Waals surface area contributed by atoms with Gasteiger partial charge in [-0.3, -0.25) is 4.79 Å². The van der Waals surface area contributed by atoms with Gasteiger partial charge in [0.25, 0.3) is 0 Å². The topological polar surface area (TPSA) is 92.7 Å². The number of hydrogen-bond donors (Lipinski definition) is 2. The predicted octanol–water partition coefficient (Wildman–Crippen LogP) is -1.85. The maximum absolute atomic E-state index is 11.0. The van der Waals surface area contributed by atoms with Gasteiger partial charge in [0.05, 0.1) is 19.3 Å². The fourth-order valence-corrected chi connectivity index (χ4v) is 1.41. The molecule has 1 unspecified atom stereocenters. The zero-order valence-corrected chi connectivity index (χ0v) is 9.00. The van der Waals surface area contributed by atoms with Crippen LogP contribution >= 0.6 is 0 Å². The maximum Gasteiger partial charge on any atom is 0.235 e. The van der Waals surface area contributed by atoms with Crippen molar-refractivity contribution in [1.29, 1.82) is 0 Å². The van der Waals surface area contributed by atoms with Gasteiger partial charge in [0, 0.05) is 13.4 Å². The molecule has 0 aromatic heterocycles. The van der Waals surface area contributed by atoms with Crippen LogP contribution in [0.3, 0.4) is 0 Å². The second-order valence-electron chi connectivity index (χ2n) is 2.97. The number of ether oxygens (including phenoxy) is 1. The first-order valence-corrected chi connectivity index (χ1v) is 6.02. The molecule has 0 saturated heterocycles. The summed E-state index contributed by atoms with van der Waals surface area (Å²) in [5.41, 5.74) is 0. The number of amides is 1. The number of aliphatic hydroxyl groups excluding tert-OH is 1. The van der Waals surface area contributed by atoms with Crippen molar-refractivity contribution in [3.05, 3.63) is 0 Å². The van der Waals surface area contributed by atoms with Gasteiger partial charge in [-0.15, -0.1) is 0 Å². The fraction of sp³-hybridized carbons (Fsp3) is 0.857. The summed E-state index contributed by atoms with van der Waals surface area (Å²) in [6, 6.07) is -0.561. The fourth-order valence-electron chi connectivity index (χ4n) is 0.849. The van der Waals surface area contributed by atoms with Crippen molar-refractivity contribution in [2.24, 2.45) is 0 Å². The normalized spacial score (nSPS) is 13.6. The van der Waals surface area contributed by atoms with Gasteiger partial charge in [0.1, 0.15) is 5.75 Å². The second-order valence-corrected chi connectivity index (χ2v) is 5.11. The van der Waals surface area contributed by atoms with E-state index >= 15 is 0 Å². The first-order valence-electron chi connectivity index (χ1n) is 3.96. The van der Waals surface area contributed by atoms with E-state index < -0.39 is 27.5 Å². The molecule has 0 saturated carbocycles. The SMILES string of the molecule is COCC(CO)NC(=O)CS(C)(=O)=O. The molecule has 0 heterocycles. The molecule has 7 heteroatoms. The van der Waals surface area contributed by atoms with Crippen LogP contribution in [0.2, 0.25) is 0 Å². The average Bonchev–Trinajstić information content (AvgIpc) is 2.00. The highest BCUT2D eigenvalue weighted by Crippen LogP contribution is 1.87. The van der Waals surface area contributed by atoms with E-state index in [1.54, 1.807) is 0 Å². The number of sulfone groups is 1. The van der Waals surface area contributed by atoms with Crippen LogP contribution in [0.4, 0.5) is 0 Å². The predicted molar refractivity (Wildman–Crippen MR) is 50.6 cm³/mol. The Morgan fingerprint density at radius 3 is 2.50 bits per heavy atom. The van der Waals surface area contributed by atoms with Crippen LogP contribution in [-0.2, 0) is 19.4 Å². The van der Waals surface area contributed by atoms with Crippen molar-refractivity contribution in [3.63, 3.8) is 0 Å². The van der Waals surface area contributed by atoms with Crippen LogP contribution in [-0.4, -0.2) is 57.8 Å². The van der Waals surface area contributed by atoms with Crippen molar-refractivity contribution in [1.82, 2.24) is 5.32 Å². The van der Waals surface area contributed by atoms with E-state index in [-0.39, 0.29) is 13.2 Å². The molecule has 0 rings (SSSR count). The molecule has 84 valence electrons. The summed E-state index contributed by atoms with van der Waals surface area (Å²) in [7, 11) is -1.90. The average molecular weight is 225 g/mol. The Labute approximate surface area is 83.2 Å². The van der Waals surface area contributed by atoms with Crippen LogP contribution in [0.5, 0.6) is 0 Å². The Bertz CT molecular complexity index is 274. The summed E-state index contributed by atoms with van der Waals surface area (Å²) < 4.78 is 26.1. The Morgan fingerprint density at radius 2 is 2.14 bits per heavy atom. The zero-order valence-electron chi connectivity index (χ0n) is 8.19. The van der Waals surface area contributed by atoms with Crippen LogP contribution in [0.25, 0.3) is 0 Å². The van der Waals surface area contributed by atoms with Crippen LogP contribution < -0.4 is 5.32 Å². The number of rotatable bonds is 6. The maximum atomic E-state index is 11.0. The van der Waals surface area contributed by atoms with Gasteiger partial charge < -0.3 is 15.2 Å². The van der Waals surface area contributed by atoms with Gasteiger partial charge in [-0.2, -0.15) is 0 Å². The van der Waals surface area contributed by atoms with E-state index in [2.05, 4.69) is 5.32 Å². The Kier molecular flexibility index (Phi) is 5.66. The molecule has 0 aliphatic heterocycles. The van der Waals surface area contributed by atoms with Crippen LogP contribution in [0.1, 0.15) is 0 Å². The molecule has 0 radical (unpaired) electrons. The van der Waals surface area contributed by atoms with Crippen molar-refractivity contribution >= 4 is 15.7 Å². The Balaban J connectivity index is 4.03. The third kappa shape index (κ3) is 6.81. The standard InChI is InChI=1S/C7H15NO5S/c1-13-4-6(3-9)8-7(10)5-14(2,11)12/h6,9H,3-5H2,1-2H3,(H,8,10). The molecule has 0 bridgehead atoms. The lowest BCUT2D eigenvalue weighted by Gasteiger charge is -2.14. The summed E-state index contributed by atoms with van der Waals surface area (Å²) in [4.78, 5) is 11.0. The molecule has 1 amide bonds. The van der Waals surface area contributed by atoms with Gasteiger partial charge >= 0.3 is 0 Å². The lowest BCUT2D eigenvalue weighted by atomic mass is 10.3. The zero-order chi connectivity index (χ0) is 11.2. The summed E-state index contributed by atoms with van der Waals surface area (Å²) in [5, 5.41) is 11.1. The lowest BCUT2D eigenvalue weighted by molar-refractivity contribution is -0.120. The third-order valence-corrected chi connectivity index (χ3v) is 2.13. The van der Waals surface area contributed by atoms with E-state index in [4.69, 9.17) is 9.84 Å². The summed E-state index contributed by atoms with van der Waals surface area (Å²) >= 11 is 0. The van der Waals surface area contributed by atoms with E-state index in [1.165, 1.54) is 7.11 Å². The lowest BCUT2D eigenvalue weighted by Crippen LogP contribution is -2.43. The summed E-state index contributed by atoms with van der Waals surface area (Å²) in [6.07, 6.45) is 0.969. The summed E-state index contributed by atoms with van der Waals surface area (Å²) in [5.74, 6) is -1.21. The van der Waals surface area contributed by atoms with Gasteiger partial charge in [-0.05, 0) is 0 Å². The van der Waals surface area contributed by atoms with E-state index in [0.29, 0.717) is 0 Å². The van der Waals surface area contributed by atoms with Crippen molar-refractivity contribution in [2.45, 2.75) is 6.04 Å².